The van der Waals surface area contributed by atoms with Gasteiger partial charge >= 0.3 is 0 Å². The third kappa shape index (κ3) is 4.29. The molecule has 20 heavy (non-hydrogen) atoms. The molecular weight excluding hydrogens is 315 g/mol. The van der Waals surface area contributed by atoms with E-state index in [-0.39, 0.29) is 23.6 Å². The summed E-state index contributed by atoms with van der Waals surface area (Å²) in [6, 6.07) is 7.96. The van der Waals surface area contributed by atoms with Crippen LogP contribution in [0.5, 0.6) is 0 Å². The number of halogens is 2. The molecule has 1 heterocycles. The van der Waals surface area contributed by atoms with Crippen molar-refractivity contribution in [1.82, 2.24) is 10.2 Å². The molecule has 0 radical (unpaired) electrons. The van der Waals surface area contributed by atoms with E-state index >= 15 is 0 Å². The molecule has 0 saturated carbocycles. The molecular formula is C14H20Cl2N2OS. The quantitative estimate of drug-likeness (QED) is 0.859. The molecule has 1 aromatic carbocycles. The summed E-state index contributed by atoms with van der Waals surface area (Å²) in [5, 5.41) is 3.87. The lowest BCUT2D eigenvalue weighted by atomic mass is 10.2. The number of carbonyl (C=O) groups is 1. The van der Waals surface area contributed by atoms with Crippen molar-refractivity contribution in [1.29, 1.82) is 0 Å². The molecule has 0 aromatic heterocycles. The summed E-state index contributed by atoms with van der Waals surface area (Å²) in [5.41, 5.74) is 0. The van der Waals surface area contributed by atoms with Gasteiger partial charge in [-0.3, -0.25) is 4.79 Å². The molecule has 1 saturated heterocycles. The van der Waals surface area contributed by atoms with E-state index in [0.717, 1.165) is 24.4 Å². The highest BCUT2D eigenvalue weighted by Gasteiger charge is 2.27. The van der Waals surface area contributed by atoms with E-state index in [0.29, 0.717) is 11.1 Å². The van der Waals surface area contributed by atoms with Gasteiger partial charge in [0, 0.05) is 24.5 Å². The van der Waals surface area contributed by atoms with Crippen molar-refractivity contribution in [3.05, 3.63) is 29.3 Å². The summed E-state index contributed by atoms with van der Waals surface area (Å²) in [6.07, 6.45) is 1.03. The number of nitrogens with zero attached hydrogens (tertiary/aromatic N) is 1. The Balaban J connectivity index is 0.00000200. The predicted molar refractivity (Wildman–Crippen MR) is 88.1 cm³/mol. The molecule has 2 unspecified atom stereocenters. The highest BCUT2D eigenvalue weighted by molar-refractivity contribution is 8.00. The van der Waals surface area contributed by atoms with Crippen LogP contribution in [0.25, 0.3) is 0 Å². The van der Waals surface area contributed by atoms with E-state index in [1.165, 1.54) is 11.8 Å². The van der Waals surface area contributed by atoms with E-state index in [9.17, 15) is 4.79 Å². The van der Waals surface area contributed by atoms with Crippen molar-refractivity contribution in [2.45, 2.75) is 29.5 Å². The lowest BCUT2D eigenvalue weighted by Gasteiger charge is -2.26. The van der Waals surface area contributed by atoms with Gasteiger partial charge in [-0.05, 0) is 32.0 Å². The van der Waals surface area contributed by atoms with E-state index < -0.39 is 0 Å². The lowest BCUT2D eigenvalue weighted by Crippen LogP contribution is -2.42. The van der Waals surface area contributed by atoms with Crippen LogP contribution in [0.15, 0.2) is 29.2 Å². The number of hydrogen-bond donors (Lipinski definition) is 1. The summed E-state index contributed by atoms with van der Waals surface area (Å²) < 4.78 is 0. The van der Waals surface area contributed by atoms with Crippen LogP contribution in [0.2, 0.25) is 5.02 Å². The number of rotatable bonds is 4. The molecule has 6 heteroatoms. The van der Waals surface area contributed by atoms with Crippen LogP contribution in [0.1, 0.15) is 13.3 Å². The summed E-state index contributed by atoms with van der Waals surface area (Å²) in [5.74, 6) is 0.165. The van der Waals surface area contributed by atoms with Crippen LogP contribution in [0.4, 0.5) is 0 Å². The third-order valence-corrected chi connectivity index (χ3v) is 5.02. The maximum absolute atomic E-state index is 12.4. The average Bonchev–Trinajstić information content (AvgIpc) is 2.93. The minimum absolute atomic E-state index is 0. The van der Waals surface area contributed by atoms with Crippen LogP contribution in [-0.4, -0.2) is 42.2 Å². The average molecular weight is 335 g/mol. The minimum Gasteiger partial charge on any atom is -0.340 e. The normalized spacial score (nSPS) is 19.2. The van der Waals surface area contributed by atoms with Gasteiger partial charge in [0.15, 0.2) is 0 Å². The SMILES string of the molecule is CC(Sc1ccccc1Cl)C(=O)N(C)C1CCNC1.Cl. The van der Waals surface area contributed by atoms with E-state index in [1.54, 1.807) is 0 Å². The Hall–Kier alpha value is -0.420. The molecule has 112 valence electrons. The van der Waals surface area contributed by atoms with Crippen LogP contribution in [0.3, 0.4) is 0 Å². The molecule has 1 amide bonds. The Bertz CT molecular complexity index is 453. The zero-order valence-electron chi connectivity index (χ0n) is 11.6. The maximum atomic E-state index is 12.4. The highest BCUT2D eigenvalue weighted by Crippen LogP contribution is 2.31. The molecule has 3 nitrogen and oxygen atoms in total. The summed E-state index contributed by atoms with van der Waals surface area (Å²) >= 11 is 7.65. The molecule has 1 aromatic rings. The largest absolute Gasteiger partial charge is 0.340 e. The number of hydrogen-bond acceptors (Lipinski definition) is 3. The zero-order chi connectivity index (χ0) is 13.8. The monoisotopic (exact) mass is 334 g/mol. The molecule has 1 N–H and O–H groups in total. The highest BCUT2D eigenvalue weighted by atomic mass is 35.5. The van der Waals surface area contributed by atoms with E-state index in [4.69, 9.17) is 11.6 Å². The summed E-state index contributed by atoms with van der Waals surface area (Å²) in [7, 11) is 1.89. The number of amides is 1. The van der Waals surface area contributed by atoms with Crippen molar-refractivity contribution in [2.75, 3.05) is 20.1 Å². The third-order valence-electron chi connectivity index (χ3n) is 3.42. The Morgan fingerprint density at radius 2 is 2.20 bits per heavy atom. The van der Waals surface area contributed by atoms with Gasteiger partial charge < -0.3 is 10.2 Å². The maximum Gasteiger partial charge on any atom is 0.235 e. The number of carbonyl (C=O) groups excluding carboxylic acids is 1. The van der Waals surface area contributed by atoms with E-state index in [2.05, 4.69) is 5.32 Å². The Morgan fingerprint density at radius 3 is 2.80 bits per heavy atom. The minimum atomic E-state index is -0.120. The van der Waals surface area contributed by atoms with Crippen molar-refractivity contribution in [3.8, 4) is 0 Å². The van der Waals surface area contributed by atoms with Crippen LogP contribution in [-0.2, 0) is 4.79 Å². The second-order valence-electron chi connectivity index (χ2n) is 4.79. The van der Waals surface area contributed by atoms with Crippen LogP contribution in [0, 0.1) is 0 Å². The lowest BCUT2D eigenvalue weighted by molar-refractivity contribution is -0.130. The molecule has 0 aliphatic carbocycles. The number of thioether (sulfide) groups is 1. The zero-order valence-corrected chi connectivity index (χ0v) is 14.0. The molecule has 1 aliphatic heterocycles. The van der Waals surface area contributed by atoms with Crippen molar-refractivity contribution in [3.63, 3.8) is 0 Å². The fraction of sp³-hybridized carbons (Fsp3) is 0.500. The first-order valence-electron chi connectivity index (χ1n) is 6.48. The number of likely N-dealkylation sites (N-methyl/N-ethyl adjacent to an activating group) is 1. The number of benzene rings is 1. The first-order valence-corrected chi connectivity index (χ1v) is 7.74. The van der Waals surface area contributed by atoms with Gasteiger partial charge in [-0.25, -0.2) is 0 Å². The topological polar surface area (TPSA) is 32.3 Å². The van der Waals surface area contributed by atoms with Gasteiger partial charge in [0.1, 0.15) is 0 Å². The molecule has 0 bridgehead atoms. The molecule has 1 fully saturated rings. The first kappa shape index (κ1) is 17.6. The molecule has 0 spiro atoms. The smallest absolute Gasteiger partial charge is 0.235 e. The second-order valence-corrected chi connectivity index (χ2v) is 6.58. The molecule has 2 atom stereocenters. The Labute approximate surface area is 135 Å². The van der Waals surface area contributed by atoms with E-state index in [1.807, 2.05) is 43.1 Å². The summed E-state index contributed by atoms with van der Waals surface area (Å²) in [6.45, 7) is 3.83. The fourth-order valence-corrected chi connectivity index (χ4v) is 3.47. The van der Waals surface area contributed by atoms with Crippen LogP contribution < -0.4 is 5.32 Å². The molecule has 1 aliphatic rings. The summed E-state index contributed by atoms with van der Waals surface area (Å²) in [4.78, 5) is 15.2. The van der Waals surface area contributed by atoms with Crippen molar-refractivity contribution < 1.29 is 4.79 Å². The van der Waals surface area contributed by atoms with Gasteiger partial charge in [-0.1, -0.05) is 23.7 Å². The van der Waals surface area contributed by atoms with Gasteiger partial charge in [-0.15, -0.1) is 24.2 Å². The van der Waals surface area contributed by atoms with Crippen molar-refractivity contribution in [2.24, 2.45) is 0 Å². The van der Waals surface area contributed by atoms with Crippen LogP contribution >= 0.6 is 35.8 Å². The molecule has 2 rings (SSSR count). The Morgan fingerprint density at radius 1 is 1.50 bits per heavy atom. The fourth-order valence-electron chi connectivity index (χ4n) is 2.22. The van der Waals surface area contributed by atoms with Crippen molar-refractivity contribution >= 4 is 41.7 Å². The second kappa shape index (κ2) is 8.13. The number of nitrogens with one attached hydrogen (secondary N) is 1. The standard InChI is InChI=1S/C14H19ClN2OS.ClH/c1-10(19-13-6-4-3-5-12(13)15)14(18)17(2)11-7-8-16-9-11;/h3-6,10-11,16H,7-9H2,1-2H3;1H. The first-order chi connectivity index (χ1) is 9.09. The van der Waals surface area contributed by atoms with Gasteiger partial charge in [0.05, 0.1) is 10.3 Å². The Kier molecular flexibility index (Phi) is 7.17. The predicted octanol–water partition coefficient (Wildman–Crippen LogP) is 3.06. The van der Waals surface area contributed by atoms with Gasteiger partial charge in [0.25, 0.3) is 0 Å². The van der Waals surface area contributed by atoms with Gasteiger partial charge in [0.2, 0.25) is 5.91 Å². The van der Waals surface area contributed by atoms with Gasteiger partial charge in [-0.2, -0.15) is 0 Å².